The molecule has 18 heavy (non-hydrogen) atoms. The van der Waals surface area contributed by atoms with E-state index in [1.54, 1.807) is 31.2 Å². The van der Waals surface area contributed by atoms with Gasteiger partial charge in [0.1, 0.15) is 5.75 Å². The molecule has 2 rings (SSSR count). The summed E-state index contributed by atoms with van der Waals surface area (Å²) in [6.45, 7) is 1.75. The third-order valence-corrected chi connectivity index (χ3v) is 2.98. The number of hydrogen-bond acceptors (Lipinski definition) is 3. The quantitative estimate of drug-likeness (QED) is 0.589. The molecule has 1 atom stereocenters. The van der Waals surface area contributed by atoms with Crippen molar-refractivity contribution in [2.75, 3.05) is 0 Å². The van der Waals surface area contributed by atoms with Crippen molar-refractivity contribution in [2.24, 2.45) is 5.73 Å². The highest BCUT2D eigenvalue weighted by molar-refractivity contribution is 7.80. The van der Waals surface area contributed by atoms with E-state index in [4.69, 9.17) is 18.0 Å². The molecule has 0 bridgehead atoms. The molecule has 1 heterocycles. The zero-order valence-corrected chi connectivity index (χ0v) is 10.5. The van der Waals surface area contributed by atoms with E-state index in [-0.39, 0.29) is 5.75 Å². The van der Waals surface area contributed by atoms with Gasteiger partial charge in [0.25, 0.3) is 0 Å². The minimum atomic E-state index is -0.506. The van der Waals surface area contributed by atoms with Crippen LogP contribution in [0.4, 0.5) is 0 Å². The van der Waals surface area contributed by atoms with Gasteiger partial charge in [-0.15, -0.1) is 0 Å². The van der Waals surface area contributed by atoms with Gasteiger partial charge < -0.3 is 21.5 Å². The number of phenols is 1. The van der Waals surface area contributed by atoms with Crippen LogP contribution in [-0.4, -0.2) is 16.1 Å². The zero-order valence-electron chi connectivity index (χ0n) is 9.73. The molecule has 0 fully saturated rings. The lowest BCUT2D eigenvalue weighted by molar-refractivity contribution is -0.115. The average molecular weight is 263 g/mol. The minimum Gasteiger partial charge on any atom is -0.508 e. The molecule has 1 aliphatic rings. The van der Waals surface area contributed by atoms with Gasteiger partial charge in [0, 0.05) is 5.70 Å². The molecule has 1 unspecified atom stereocenters. The van der Waals surface area contributed by atoms with E-state index in [9.17, 15) is 9.90 Å². The van der Waals surface area contributed by atoms with Gasteiger partial charge in [0.15, 0.2) is 5.11 Å². The maximum absolute atomic E-state index is 11.5. The van der Waals surface area contributed by atoms with Crippen molar-refractivity contribution in [3.63, 3.8) is 0 Å². The summed E-state index contributed by atoms with van der Waals surface area (Å²) < 4.78 is 0. The number of aromatic hydroxyl groups is 1. The van der Waals surface area contributed by atoms with E-state index >= 15 is 0 Å². The monoisotopic (exact) mass is 263 g/mol. The normalized spacial score (nSPS) is 19.2. The van der Waals surface area contributed by atoms with E-state index in [1.165, 1.54) is 0 Å². The van der Waals surface area contributed by atoms with Crippen molar-refractivity contribution in [1.29, 1.82) is 0 Å². The number of benzene rings is 1. The first-order valence-corrected chi connectivity index (χ1v) is 5.77. The molecule has 0 spiro atoms. The number of amides is 1. The Labute approximate surface area is 110 Å². The van der Waals surface area contributed by atoms with Crippen LogP contribution in [-0.2, 0) is 4.79 Å². The van der Waals surface area contributed by atoms with Crippen LogP contribution in [0.2, 0.25) is 0 Å². The number of carbonyl (C=O) groups is 1. The third kappa shape index (κ3) is 2.28. The molecule has 6 heteroatoms. The molecule has 1 amide bonds. The summed E-state index contributed by atoms with van der Waals surface area (Å²) in [5, 5.41) is 15.6. The second-order valence-electron chi connectivity index (χ2n) is 4.03. The van der Waals surface area contributed by atoms with Crippen LogP contribution < -0.4 is 16.4 Å². The molecule has 1 aliphatic heterocycles. The lowest BCUT2D eigenvalue weighted by atomic mass is 9.95. The number of hydrogen-bond donors (Lipinski definition) is 4. The van der Waals surface area contributed by atoms with Gasteiger partial charge in [-0.1, -0.05) is 12.1 Å². The van der Waals surface area contributed by atoms with Crippen molar-refractivity contribution in [2.45, 2.75) is 13.0 Å². The average Bonchev–Trinajstić information content (AvgIpc) is 2.28. The Morgan fingerprint density at radius 3 is 2.56 bits per heavy atom. The summed E-state index contributed by atoms with van der Waals surface area (Å²) in [6, 6.07) is 6.15. The second kappa shape index (κ2) is 4.66. The predicted octanol–water partition coefficient (Wildman–Crippen LogP) is 0.670. The summed E-state index contributed by atoms with van der Waals surface area (Å²) in [5.41, 5.74) is 7.28. The minimum absolute atomic E-state index is 0.164. The van der Waals surface area contributed by atoms with E-state index in [1.807, 2.05) is 0 Å². The van der Waals surface area contributed by atoms with Gasteiger partial charge in [-0.05, 0) is 36.8 Å². The molecule has 0 aliphatic carbocycles. The molecule has 1 aromatic rings. The highest BCUT2D eigenvalue weighted by Crippen LogP contribution is 2.27. The number of phenolic OH excluding ortho intramolecular Hbond substituents is 1. The van der Waals surface area contributed by atoms with E-state index in [0.717, 1.165) is 5.56 Å². The standard InChI is InChI=1S/C12H13N3O2S/c1-6-9(11(13)17)10(15-12(18)14-6)7-2-4-8(16)5-3-7/h2-5,10,16H,1H3,(H2,13,17)(H2,14,15,18). The van der Waals surface area contributed by atoms with Crippen molar-refractivity contribution >= 4 is 23.2 Å². The molecule has 0 saturated heterocycles. The Bertz CT molecular complexity index is 537. The van der Waals surface area contributed by atoms with E-state index in [2.05, 4.69) is 10.6 Å². The Balaban J connectivity index is 2.46. The predicted molar refractivity (Wildman–Crippen MR) is 71.6 cm³/mol. The van der Waals surface area contributed by atoms with Crippen molar-refractivity contribution in [3.05, 3.63) is 41.1 Å². The lowest BCUT2D eigenvalue weighted by Gasteiger charge is -2.29. The number of rotatable bonds is 2. The number of nitrogens with two attached hydrogens (primary N) is 1. The molecule has 94 valence electrons. The lowest BCUT2D eigenvalue weighted by Crippen LogP contribution is -2.46. The maximum atomic E-state index is 11.5. The van der Waals surface area contributed by atoms with Crippen LogP contribution in [0, 0.1) is 0 Å². The fourth-order valence-corrected chi connectivity index (χ4v) is 2.21. The van der Waals surface area contributed by atoms with Crippen LogP contribution >= 0.6 is 12.2 Å². The number of nitrogens with one attached hydrogen (secondary N) is 2. The Morgan fingerprint density at radius 2 is 2.00 bits per heavy atom. The van der Waals surface area contributed by atoms with E-state index < -0.39 is 11.9 Å². The summed E-state index contributed by atoms with van der Waals surface area (Å²) in [6.07, 6.45) is 0. The third-order valence-electron chi connectivity index (χ3n) is 2.76. The van der Waals surface area contributed by atoms with E-state index in [0.29, 0.717) is 16.4 Å². The number of allylic oxidation sites excluding steroid dienone is 1. The summed E-state index contributed by atoms with van der Waals surface area (Å²) in [7, 11) is 0. The van der Waals surface area contributed by atoms with Crippen LogP contribution in [0.3, 0.4) is 0 Å². The molecule has 0 radical (unpaired) electrons. The number of carbonyl (C=O) groups excluding carboxylic acids is 1. The maximum Gasteiger partial charge on any atom is 0.248 e. The summed E-state index contributed by atoms with van der Waals surface area (Å²) >= 11 is 5.07. The van der Waals surface area contributed by atoms with Crippen molar-refractivity contribution in [3.8, 4) is 5.75 Å². The highest BCUT2D eigenvalue weighted by atomic mass is 32.1. The van der Waals surface area contributed by atoms with Crippen LogP contribution in [0.15, 0.2) is 35.5 Å². The van der Waals surface area contributed by atoms with Gasteiger partial charge in [-0.3, -0.25) is 4.79 Å². The molecule has 5 nitrogen and oxygen atoms in total. The van der Waals surface area contributed by atoms with Crippen molar-refractivity contribution < 1.29 is 9.90 Å². The largest absolute Gasteiger partial charge is 0.508 e. The molecule has 0 aromatic heterocycles. The SMILES string of the molecule is CC1=C(C(N)=O)C(c2ccc(O)cc2)NC(=S)N1. The molecule has 1 aromatic carbocycles. The molecular formula is C12H13N3O2S. The summed E-state index contributed by atoms with van der Waals surface area (Å²) in [5.74, 6) is -0.343. The highest BCUT2D eigenvalue weighted by Gasteiger charge is 2.28. The van der Waals surface area contributed by atoms with Gasteiger partial charge in [0.05, 0.1) is 11.6 Å². The van der Waals surface area contributed by atoms with Gasteiger partial charge in [-0.2, -0.15) is 0 Å². The van der Waals surface area contributed by atoms with Gasteiger partial charge >= 0.3 is 0 Å². The fourth-order valence-electron chi connectivity index (χ4n) is 1.94. The van der Waals surface area contributed by atoms with Crippen LogP contribution in [0.25, 0.3) is 0 Å². The van der Waals surface area contributed by atoms with Gasteiger partial charge in [-0.25, -0.2) is 0 Å². The first kappa shape index (κ1) is 12.4. The molecule has 5 N–H and O–H groups in total. The summed E-state index contributed by atoms with van der Waals surface area (Å²) in [4.78, 5) is 11.5. The Kier molecular flexibility index (Phi) is 3.20. The van der Waals surface area contributed by atoms with Crippen LogP contribution in [0.5, 0.6) is 5.75 Å². The van der Waals surface area contributed by atoms with Gasteiger partial charge in [0.2, 0.25) is 5.91 Å². The zero-order chi connectivity index (χ0) is 13.3. The first-order chi connectivity index (χ1) is 8.49. The topological polar surface area (TPSA) is 87.4 Å². The molecule has 0 saturated carbocycles. The second-order valence-corrected chi connectivity index (χ2v) is 4.43. The fraction of sp³-hybridized carbons (Fsp3) is 0.167. The molecular weight excluding hydrogens is 250 g/mol. The number of thiocarbonyl (C=S) groups is 1. The Hall–Kier alpha value is -2.08. The smallest absolute Gasteiger partial charge is 0.248 e. The Morgan fingerprint density at radius 1 is 1.39 bits per heavy atom. The van der Waals surface area contributed by atoms with Crippen LogP contribution in [0.1, 0.15) is 18.5 Å². The number of primary amides is 1. The first-order valence-electron chi connectivity index (χ1n) is 5.36. The van der Waals surface area contributed by atoms with Crippen molar-refractivity contribution in [1.82, 2.24) is 10.6 Å².